The molecule has 104 valence electrons. The first-order chi connectivity index (χ1) is 8.97. The Morgan fingerprint density at radius 2 is 2.16 bits per heavy atom. The van der Waals surface area contributed by atoms with Crippen molar-refractivity contribution >= 4 is 11.6 Å². The third-order valence-electron chi connectivity index (χ3n) is 3.13. The van der Waals surface area contributed by atoms with Crippen LogP contribution in [-0.2, 0) is 11.0 Å². The molecule has 0 aliphatic carbocycles. The summed E-state index contributed by atoms with van der Waals surface area (Å²) in [6.45, 7) is 1.46. The van der Waals surface area contributed by atoms with E-state index in [9.17, 15) is 18.0 Å². The van der Waals surface area contributed by atoms with E-state index >= 15 is 0 Å². The maximum atomic E-state index is 12.5. The van der Waals surface area contributed by atoms with E-state index in [1.165, 1.54) is 12.1 Å². The van der Waals surface area contributed by atoms with E-state index in [0.29, 0.717) is 6.54 Å². The lowest BCUT2D eigenvalue weighted by Crippen LogP contribution is -2.37. The van der Waals surface area contributed by atoms with Crippen molar-refractivity contribution in [2.75, 3.05) is 18.4 Å². The number of benzene rings is 1. The Labute approximate surface area is 109 Å². The molecule has 1 unspecified atom stereocenters. The van der Waals surface area contributed by atoms with Crippen LogP contribution in [0.5, 0.6) is 0 Å². The van der Waals surface area contributed by atoms with Gasteiger partial charge in [0.2, 0.25) is 5.91 Å². The molecule has 1 amide bonds. The SMILES string of the molecule is O=C(Nc1cccc(C(F)(F)F)c1)C1CCCNC1. The Hall–Kier alpha value is -1.56. The predicted molar refractivity (Wildman–Crippen MR) is 65.7 cm³/mol. The number of rotatable bonds is 2. The Kier molecular flexibility index (Phi) is 4.09. The van der Waals surface area contributed by atoms with Crippen LogP contribution in [0.1, 0.15) is 18.4 Å². The second-order valence-electron chi connectivity index (χ2n) is 4.61. The molecule has 0 bridgehead atoms. The molecule has 2 N–H and O–H groups in total. The minimum Gasteiger partial charge on any atom is -0.326 e. The summed E-state index contributed by atoms with van der Waals surface area (Å²) in [5.41, 5.74) is -0.572. The molecule has 0 spiro atoms. The fourth-order valence-electron chi connectivity index (χ4n) is 2.09. The Balaban J connectivity index is 2.04. The van der Waals surface area contributed by atoms with Crippen molar-refractivity contribution in [1.29, 1.82) is 0 Å². The van der Waals surface area contributed by atoms with Gasteiger partial charge in [-0.3, -0.25) is 4.79 Å². The fourth-order valence-corrected chi connectivity index (χ4v) is 2.09. The smallest absolute Gasteiger partial charge is 0.326 e. The van der Waals surface area contributed by atoms with Gasteiger partial charge in [0.1, 0.15) is 0 Å². The van der Waals surface area contributed by atoms with Crippen molar-refractivity contribution in [3.8, 4) is 0 Å². The summed E-state index contributed by atoms with van der Waals surface area (Å²) in [6.07, 6.45) is -2.73. The summed E-state index contributed by atoms with van der Waals surface area (Å²) < 4.78 is 37.6. The highest BCUT2D eigenvalue weighted by Crippen LogP contribution is 2.30. The first-order valence-electron chi connectivity index (χ1n) is 6.15. The molecule has 0 saturated carbocycles. The molecule has 1 aliphatic heterocycles. The minimum absolute atomic E-state index is 0.178. The van der Waals surface area contributed by atoms with Gasteiger partial charge in [-0.15, -0.1) is 0 Å². The van der Waals surface area contributed by atoms with Crippen molar-refractivity contribution in [2.45, 2.75) is 19.0 Å². The molecule has 19 heavy (non-hydrogen) atoms. The molecule has 1 aliphatic rings. The van der Waals surface area contributed by atoms with Gasteiger partial charge in [-0.05, 0) is 37.6 Å². The van der Waals surface area contributed by atoms with E-state index in [1.807, 2.05) is 0 Å². The molecular formula is C13H15F3N2O. The summed E-state index contributed by atoms with van der Waals surface area (Å²) >= 11 is 0. The van der Waals surface area contributed by atoms with Gasteiger partial charge in [0.05, 0.1) is 11.5 Å². The van der Waals surface area contributed by atoms with E-state index in [4.69, 9.17) is 0 Å². The number of halogens is 3. The molecular weight excluding hydrogens is 257 g/mol. The molecule has 1 heterocycles. The maximum Gasteiger partial charge on any atom is 0.416 e. The average molecular weight is 272 g/mol. The van der Waals surface area contributed by atoms with Crippen LogP contribution in [0.25, 0.3) is 0 Å². The summed E-state index contributed by atoms with van der Waals surface area (Å²) in [6, 6.07) is 4.69. The van der Waals surface area contributed by atoms with E-state index in [1.54, 1.807) is 0 Å². The third-order valence-corrected chi connectivity index (χ3v) is 3.13. The number of carbonyl (C=O) groups is 1. The lowest BCUT2D eigenvalue weighted by molar-refractivity contribution is -0.137. The van der Waals surface area contributed by atoms with Crippen LogP contribution in [0.2, 0.25) is 0 Å². The number of amides is 1. The summed E-state index contributed by atoms with van der Waals surface area (Å²) in [7, 11) is 0. The van der Waals surface area contributed by atoms with Crippen LogP contribution in [0.3, 0.4) is 0 Å². The predicted octanol–water partition coefficient (Wildman–Crippen LogP) is 2.64. The van der Waals surface area contributed by atoms with E-state index in [-0.39, 0.29) is 17.5 Å². The second kappa shape index (κ2) is 5.61. The highest BCUT2D eigenvalue weighted by atomic mass is 19.4. The number of nitrogens with one attached hydrogen (secondary N) is 2. The van der Waals surface area contributed by atoms with Crippen molar-refractivity contribution in [3.63, 3.8) is 0 Å². The number of alkyl halides is 3. The number of hydrogen-bond acceptors (Lipinski definition) is 2. The molecule has 1 aromatic rings. The van der Waals surface area contributed by atoms with Crippen LogP contribution in [-0.4, -0.2) is 19.0 Å². The van der Waals surface area contributed by atoms with Gasteiger partial charge in [0.25, 0.3) is 0 Å². The molecule has 1 fully saturated rings. The summed E-state index contributed by atoms with van der Waals surface area (Å²) in [5.74, 6) is -0.408. The normalized spacial score (nSPS) is 20.1. The van der Waals surface area contributed by atoms with Crippen molar-refractivity contribution in [1.82, 2.24) is 5.32 Å². The molecule has 3 nitrogen and oxygen atoms in total. The van der Waals surface area contributed by atoms with E-state index in [2.05, 4.69) is 10.6 Å². The van der Waals surface area contributed by atoms with Crippen molar-refractivity contribution in [2.24, 2.45) is 5.92 Å². The molecule has 0 aromatic heterocycles. The molecule has 6 heteroatoms. The van der Waals surface area contributed by atoms with Gasteiger partial charge in [0.15, 0.2) is 0 Å². The zero-order chi connectivity index (χ0) is 13.9. The van der Waals surface area contributed by atoms with Crippen molar-refractivity contribution < 1.29 is 18.0 Å². The minimum atomic E-state index is -4.40. The molecule has 0 radical (unpaired) electrons. The fraction of sp³-hybridized carbons (Fsp3) is 0.462. The van der Waals surface area contributed by atoms with Crippen LogP contribution in [0.15, 0.2) is 24.3 Å². The Bertz CT molecular complexity index is 453. The Morgan fingerprint density at radius 3 is 2.79 bits per heavy atom. The van der Waals surface area contributed by atoms with Crippen LogP contribution < -0.4 is 10.6 Å². The summed E-state index contributed by atoms with van der Waals surface area (Å²) in [4.78, 5) is 11.9. The zero-order valence-corrected chi connectivity index (χ0v) is 10.3. The standard InChI is InChI=1S/C13H15F3N2O/c14-13(15,16)10-4-1-5-11(7-10)18-12(19)9-3-2-6-17-8-9/h1,4-5,7,9,17H,2-3,6,8H2,(H,18,19). The quantitative estimate of drug-likeness (QED) is 0.869. The van der Waals surface area contributed by atoms with Crippen molar-refractivity contribution in [3.05, 3.63) is 29.8 Å². The molecule has 2 rings (SSSR count). The highest BCUT2D eigenvalue weighted by Gasteiger charge is 2.30. The van der Waals surface area contributed by atoms with Gasteiger partial charge in [0, 0.05) is 12.2 Å². The number of hydrogen-bond donors (Lipinski definition) is 2. The first kappa shape index (κ1) is 13.9. The van der Waals surface area contributed by atoms with Gasteiger partial charge in [-0.25, -0.2) is 0 Å². The second-order valence-corrected chi connectivity index (χ2v) is 4.61. The number of carbonyl (C=O) groups excluding carboxylic acids is 1. The molecule has 1 atom stereocenters. The number of piperidine rings is 1. The summed E-state index contributed by atoms with van der Waals surface area (Å²) in [5, 5.41) is 5.64. The van der Waals surface area contributed by atoms with Gasteiger partial charge >= 0.3 is 6.18 Å². The van der Waals surface area contributed by atoms with Crippen LogP contribution >= 0.6 is 0 Å². The number of anilines is 1. The van der Waals surface area contributed by atoms with Gasteiger partial charge < -0.3 is 10.6 Å². The van der Waals surface area contributed by atoms with Gasteiger partial charge in [-0.2, -0.15) is 13.2 Å². The average Bonchev–Trinajstić information content (AvgIpc) is 2.39. The van der Waals surface area contributed by atoms with E-state index < -0.39 is 11.7 Å². The zero-order valence-electron chi connectivity index (χ0n) is 10.3. The molecule has 1 aromatic carbocycles. The topological polar surface area (TPSA) is 41.1 Å². The maximum absolute atomic E-state index is 12.5. The monoisotopic (exact) mass is 272 g/mol. The largest absolute Gasteiger partial charge is 0.416 e. The first-order valence-corrected chi connectivity index (χ1v) is 6.15. The lowest BCUT2D eigenvalue weighted by Gasteiger charge is -2.22. The van der Waals surface area contributed by atoms with Crippen LogP contribution in [0.4, 0.5) is 18.9 Å². The third kappa shape index (κ3) is 3.70. The lowest BCUT2D eigenvalue weighted by atomic mass is 9.99. The van der Waals surface area contributed by atoms with Gasteiger partial charge in [-0.1, -0.05) is 6.07 Å². The molecule has 1 saturated heterocycles. The highest BCUT2D eigenvalue weighted by molar-refractivity contribution is 5.92. The van der Waals surface area contributed by atoms with E-state index in [0.717, 1.165) is 31.5 Å². The Morgan fingerprint density at radius 1 is 1.37 bits per heavy atom. The van der Waals surface area contributed by atoms with Crippen LogP contribution in [0, 0.1) is 5.92 Å².